The Bertz CT molecular complexity index is 149. The summed E-state index contributed by atoms with van der Waals surface area (Å²) in [4.78, 5) is 10.5. The second-order valence-electron chi connectivity index (χ2n) is 2.74. The van der Waals surface area contributed by atoms with Crippen LogP contribution in [0.1, 0.15) is 20.3 Å². The Labute approximate surface area is 66.7 Å². The number of ether oxygens (including phenoxy) is 1. The van der Waals surface area contributed by atoms with Gasteiger partial charge in [-0.2, -0.15) is 0 Å². The van der Waals surface area contributed by atoms with E-state index in [0.717, 1.165) is 0 Å². The molecule has 1 N–H and O–H groups in total. The minimum Gasteiger partial charge on any atom is -0.479 e. The monoisotopic (exact) mass is 158 g/mol. The lowest BCUT2D eigenvalue weighted by Crippen LogP contribution is -2.34. The average Bonchev–Trinajstić information content (AvgIpc) is 1.88. The fourth-order valence-corrected chi connectivity index (χ4v) is 0.459. The summed E-state index contributed by atoms with van der Waals surface area (Å²) in [6.45, 7) is 6.96. The maximum absolute atomic E-state index is 10.5. The predicted molar refractivity (Wildman–Crippen MR) is 42.5 cm³/mol. The van der Waals surface area contributed by atoms with E-state index in [2.05, 4.69) is 6.58 Å². The van der Waals surface area contributed by atoms with Gasteiger partial charge >= 0.3 is 5.97 Å². The Kier molecular flexibility index (Phi) is 3.82. The van der Waals surface area contributed by atoms with Crippen molar-refractivity contribution in [1.29, 1.82) is 0 Å². The van der Waals surface area contributed by atoms with Crippen molar-refractivity contribution < 1.29 is 14.6 Å². The molecule has 0 heterocycles. The first-order valence-electron chi connectivity index (χ1n) is 3.49. The minimum absolute atomic E-state index is 0.406. The van der Waals surface area contributed by atoms with Crippen molar-refractivity contribution in [2.75, 3.05) is 6.61 Å². The fraction of sp³-hybridized carbons (Fsp3) is 0.625. The van der Waals surface area contributed by atoms with E-state index in [1.54, 1.807) is 6.08 Å². The average molecular weight is 158 g/mol. The van der Waals surface area contributed by atoms with Crippen molar-refractivity contribution in [3.05, 3.63) is 12.7 Å². The number of carbonyl (C=O) groups is 1. The molecule has 0 aromatic rings. The van der Waals surface area contributed by atoms with E-state index in [4.69, 9.17) is 9.84 Å². The Balaban J connectivity index is 3.72. The van der Waals surface area contributed by atoms with Crippen LogP contribution in [0.15, 0.2) is 12.7 Å². The summed E-state index contributed by atoms with van der Waals surface area (Å²) < 4.78 is 5.06. The molecule has 0 aliphatic heterocycles. The van der Waals surface area contributed by atoms with Gasteiger partial charge in [-0.3, -0.25) is 0 Å². The van der Waals surface area contributed by atoms with E-state index >= 15 is 0 Å². The first-order valence-corrected chi connectivity index (χ1v) is 3.49. The highest BCUT2D eigenvalue weighted by Crippen LogP contribution is 2.09. The zero-order valence-corrected chi connectivity index (χ0v) is 6.96. The predicted octanol–water partition coefficient (Wildman–Crippen LogP) is 1.44. The molecule has 3 nitrogen and oxygen atoms in total. The Morgan fingerprint density at radius 2 is 2.27 bits per heavy atom. The van der Waals surface area contributed by atoms with Crippen LogP contribution in [0.25, 0.3) is 0 Å². The molecule has 0 aromatic heterocycles. The number of rotatable bonds is 5. The third kappa shape index (κ3) is 3.78. The number of carboxylic acid groups (broad SMARTS) is 1. The molecule has 64 valence electrons. The van der Waals surface area contributed by atoms with Gasteiger partial charge in [0.05, 0.1) is 6.61 Å². The molecule has 0 spiro atoms. The molecular weight excluding hydrogens is 144 g/mol. The number of carboxylic acids is 1. The molecule has 0 radical (unpaired) electrons. The first-order chi connectivity index (χ1) is 5.00. The second kappa shape index (κ2) is 4.13. The molecule has 0 aliphatic rings. The van der Waals surface area contributed by atoms with Crippen molar-refractivity contribution in [2.45, 2.75) is 25.9 Å². The first kappa shape index (κ1) is 10.2. The van der Waals surface area contributed by atoms with Crippen molar-refractivity contribution in [2.24, 2.45) is 0 Å². The van der Waals surface area contributed by atoms with E-state index in [0.29, 0.717) is 13.0 Å². The normalized spacial score (nSPS) is 11.1. The van der Waals surface area contributed by atoms with Gasteiger partial charge in [0.15, 0.2) is 5.60 Å². The van der Waals surface area contributed by atoms with Crippen LogP contribution in [0, 0.1) is 0 Å². The molecule has 0 aromatic carbocycles. The summed E-state index contributed by atoms with van der Waals surface area (Å²) in [6, 6.07) is 0. The maximum Gasteiger partial charge on any atom is 0.335 e. The topological polar surface area (TPSA) is 46.5 Å². The van der Waals surface area contributed by atoms with Crippen molar-refractivity contribution in [1.82, 2.24) is 0 Å². The van der Waals surface area contributed by atoms with Gasteiger partial charge in [-0.1, -0.05) is 6.08 Å². The highest BCUT2D eigenvalue weighted by atomic mass is 16.5. The lowest BCUT2D eigenvalue weighted by molar-refractivity contribution is -0.161. The largest absolute Gasteiger partial charge is 0.479 e. The summed E-state index contributed by atoms with van der Waals surface area (Å²) in [7, 11) is 0. The summed E-state index contributed by atoms with van der Waals surface area (Å²) in [5.41, 5.74) is -1.08. The van der Waals surface area contributed by atoms with Gasteiger partial charge in [-0.15, -0.1) is 6.58 Å². The molecule has 0 aliphatic carbocycles. The van der Waals surface area contributed by atoms with Crippen LogP contribution in [0.2, 0.25) is 0 Å². The SMILES string of the molecule is C=CCCOC(C)(C)C(=O)O. The van der Waals surface area contributed by atoms with Crippen LogP contribution in [0.5, 0.6) is 0 Å². The van der Waals surface area contributed by atoms with Gasteiger partial charge in [-0.25, -0.2) is 4.79 Å². The van der Waals surface area contributed by atoms with Crippen LogP contribution in [0.3, 0.4) is 0 Å². The van der Waals surface area contributed by atoms with Gasteiger partial charge < -0.3 is 9.84 Å². The molecule has 0 saturated heterocycles. The molecule has 3 heteroatoms. The van der Waals surface area contributed by atoms with Crippen molar-refractivity contribution >= 4 is 5.97 Å². The summed E-state index contributed by atoms with van der Waals surface area (Å²) in [5.74, 6) is -0.943. The Morgan fingerprint density at radius 3 is 2.64 bits per heavy atom. The molecule has 0 rings (SSSR count). The van der Waals surface area contributed by atoms with Crippen LogP contribution in [-0.2, 0) is 9.53 Å². The summed E-state index contributed by atoms with van der Waals surface area (Å²) >= 11 is 0. The number of hydrogen-bond acceptors (Lipinski definition) is 2. The third-order valence-electron chi connectivity index (χ3n) is 1.30. The van der Waals surface area contributed by atoms with Gasteiger partial charge in [0.25, 0.3) is 0 Å². The number of hydrogen-bond donors (Lipinski definition) is 1. The summed E-state index contributed by atoms with van der Waals surface area (Å²) in [5, 5.41) is 8.59. The van der Waals surface area contributed by atoms with Crippen LogP contribution >= 0.6 is 0 Å². The lowest BCUT2D eigenvalue weighted by atomic mass is 10.1. The second-order valence-corrected chi connectivity index (χ2v) is 2.74. The van der Waals surface area contributed by atoms with E-state index in [9.17, 15) is 4.79 Å². The van der Waals surface area contributed by atoms with Crippen molar-refractivity contribution in [3.63, 3.8) is 0 Å². The Hall–Kier alpha value is -0.830. The quantitative estimate of drug-likeness (QED) is 0.486. The molecule has 0 saturated carbocycles. The minimum atomic E-state index is -1.08. The van der Waals surface area contributed by atoms with Crippen molar-refractivity contribution in [3.8, 4) is 0 Å². The van der Waals surface area contributed by atoms with E-state index in [-0.39, 0.29) is 0 Å². The molecule has 0 amide bonds. The molecule has 0 fully saturated rings. The van der Waals surface area contributed by atoms with E-state index in [1.807, 2.05) is 0 Å². The van der Waals surface area contributed by atoms with Gasteiger partial charge in [-0.05, 0) is 20.3 Å². The maximum atomic E-state index is 10.5. The highest BCUT2D eigenvalue weighted by molar-refractivity contribution is 5.76. The Morgan fingerprint density at radius 1 is 1.73 bits per heavy atom. The zero-order chi connectivity index (χ0) is 8.91. The van der Waals surface area contributed by atoms with Crippen LogP contribution in [0.4, 0.5) is 0 Å². The van der Waals surface area contributed by atoms with E-state index in [1.165, 1.54) is 13.8 Å². The van der Waals surface area contributed by atoms with Gasteiger partial charge in [0.2, 0.25) is 0 Å². The molecule has 0 unspecified atom stereocenters. The molecule has 11 heavy (non-hydrogen) atoms. The number of aliphatic carboxylic acids is 1. The van der Waals surface area contributed by atoms with Gasteiger partial charge in [0, 0.05) is 0 Å². The fourth-order valence-electron chi connectivity index (χ4n) is 0.459. The third-order valence-corrected chi connectivity index (χ3v) is 1.30. The van der Waals surface area contributed by atoms with E-state index < -0.39 is 11.6 Å². The molecular formula is C8H14O3. The zero-order valence-electron chi connectivity index (χ0n) is 6.96. The van der Waals surface area contributed by atoms with Crippen LogP contribution < -0.4 is 0 Å². The van der Waals surface area contributed by atoms with Gasteiger partial charge in [0.1, 0.15) is 0 Å². The standard InChI is InChI=1S/C8H14O3/c1-4-5-6-11-8(2,3)7(9)10/h4H,1,5-6H2,2-3H3,(H,9,10). The lowest BCUT2D eigenvalue weighted by Gasteiger charge is -2.19. The van der Waals surface area contributed by atoms with Crippen LogP contribution in [-0.4, -0.2) is 23.3 Å². The molecule has 0 atom stereocenters. The molecule has 0 bridgehead atoms. The smallest absolute Gasteiger partial charge is 0.335 e. The highest BCUT2D eigenvalue weighted by Gasteiger charge is 2.27. The summed E-state index contributed by atoms with van der Waals surface area (Å²) in [6.07, 6.45) is 2.37.